The second kappa shape index (κ2) is 9.65. The van der Waals surface area contributed by atoms with Crippen molar-refractivity contribution < 1.29 is 29.3 Å². The molecule has 0 spiro atoms. The highest BCUT2D eigenvalue weighted by Crippen LogP contribution is 2.19. The maximum absolute atomic E-state index is 12.1. The van der Waals surface area contributed by atoms with Crippen molar-refractivity contribution in [1.29, 1.82) is 0 Å². The predicted molar refractivity (Wildman–Crippen MR) is 98.9 cm³/mol. The van der Waals surface area contributed by atoms with Crippen molar-refractivity contribution in [2.24, 2.45) is 0 Å². The van der Waals surface area contributed by atoms with Crippen LogP contribution in [-0.4, -0.2) is 53.9 Å². The van der Waals surface area contributed by atoms with Gasteiger partial charge >= 0.3 is 5.97 Å². The van der Waals surface area contributed by atoms with E-state index in [2.05, 4.69) is 15.4 Å². The van der Waals surface area contributed by atoms with Crippen molar-refractivity contribution in [3.63, 3.8) is 0 Å². The average molecular weight is 374 g/mol. The Morgan fingerprint density at radius 3 is 2.37 bits per heavy atom. The van der Waals surface area contributed by atoms with Gasteiger partial charge in [-0.3, -0.25) is 14.4 Å². The fraction of sp³-hybridized carbons (Fsp3) is 0.316. The fourth-order valence-electron chi connectivity index (χ4n) is 2.42. The van der Waals surface area contributed by atoms with E-state index in [0.29, 0.717) is 12.1 Å². The quantitative estimate of drug-likeness (QED) is 0.395. The number of benzene rings is 2. The Bertz CT molecular complexity index is 823. The molecule has 4 N–H and O–H groups in total. The summed E-state index contributed by atoms with van der Waals surface area (Å²) in [4.78, 5) is 34.9. The number of carbonyl (C=O) groups excluding carboxylic acids is 3. The minimum absolute atomic E-state index is 0.101. The smallest absolute Gasteiger partial charge is 0.305 e. The molecule has 27 heavy (non-hydrogen) atoms. The summed E-state index contributed by atoms with van der Waals surface area (Å²) in [5, 5.41) is 26.5. The second-order valence-electron chi connectivity index (χ2n) is 5.91. The molecule has 144 valence electrons. The number of ether oxygens (including phenoxy) is 1. The average Bonchev–Trinajstić information content (AvgIpc) is 2.69. The van der Waals surface area contributed by atoms with Gasteiger partial charge < -0.3 is 25.6 Å². The molecule has 2 rings (SSSR count). The number of aliphatic hydroxyl groups is 2. The maximum atomic E-state index is 12.1. The van der Waals surface area contributed by atoms with E-state index in [1.165, 1.54) is 7.11 Å². The first-order chi connectivity index (χ1) is 12.9. The topological polar surface area (TPSA) is 125 Å². The van der Waals surface area contributed by atoms with Crippen LogP contribution in [0.1, 0.15) is 12.8 Å². The van der Waals surface area contributed by atoms with Crippen molar-refractivity contribution in [3.8, 4) is 0 Å². The SMILES string of the molecule is COC(=O)CCCNC(=O)[C@H](O)[C@@H](O)C(=O)Nc1ccc2ccccc2c1. The van der Waals surface area contributed by atoms with Crippen LogP contribution in [0.5, 0.6) is 0 Å². The van der Waals surface area contributed by atoms with E-state index in [9.17, 15) is 24.6 Å². The Hall–Kier alpha value is -2.97. The van der Waals surface area contributed by atoms with Crippen molar-refractivity contribution in [3.05, 3.63) is 42.5 Å². The van der Waals surface area contributed by atoms with Crippen molar-refractivity contribution >= 4 is 34.2 Å². The lowest BCUT2D eigenvalue weighted by Crippen LogP contribution is -2.47. The number of aliphatic hydroxyl groups excluding tert-OH is 2. The Labute approximate surface area is 156 Å². The third kappa shape index (κ3) is 5.77. The molecule has 0 fully saturated rings. The van der Waals surface area contributed by atoms with Gasteiger partial charge in [-0.05, 0) is 29.3 Å². The third-order valence-corrected chi connectivity index (χ3v) is 3.94. The van der Waals surface area contributed by atoms with Crippen LogP contribution in [0.4, 0.5) is 5.69 Å². The molecule has 0 aliphatic carbocycles. The minimum Gasteiger partial charge on any atom is -0.469 e. The molecule has 8 heteroatoms. The van der Waals surface area contributed by atoms with E-state index >= 15 is 0 Å². The number of anilines is 1. The lowest BCUT2D eigenvalue weighted by Gasteiger charge is -2.17. The largest absolute Gasteiger partial charge is 0.469 e. The van der Waals surface area contributed by atoms with Crippen molar-refractivity contribution in [1.82, 2.24) is 5.32 Å². The molecule has 0 saturated carbocycles. The zero-order chi connectivity index (χ0) is 19.8. The molecule has 2 atom stereocenters. The Morgan fingerprint density at radius 2 is 1.67 bits per heavy atom. The summed E-state index contributed by atoms with van der Waals surface area (Å²) in [6, 6.07) is 12.7. The van der Waals surface area contributed by atoms with Gasteiger partial charge in [-0.15, -0.1) is 0 Å². The van der Waals surface area contributed by atoms with Gasteiger partial charge in [0.2, 0.25) is 0 Å². The first-order valence-electron chi connectivity index (χ1n) is 8.42. The molecule has 2 aromatic rings. The molecule has 0 radical (unpaired) electrons. The van der Waals surface area contributed by atoms with Gasteiger partial charge in [-0.1, -0.05) is 30.3 Å². The van der Waals surface area contributed by atoms with Crippen LogP contribution in [-0.2, 0) is 19.1 Å². The molecule has 0 aromatic heterocycles. The summed E-state index contributed by atoms with van der Waals surface area (Å²) in [6.45, 7) is 0.101. The molecule has 0 unspecified atom stereocenters. The van der Waals surface area contributed by atoms with Crippen LogP contribution in [0.2, 0.25) is 0 Å². The fourth-order valence-corrected chi connectivity index (χ4v) is 2.42. The lowest BCUT2D eigenvalue weighted by atomic mass is 10.1. The number of hydrogen-bond donors (Lipinski definition) is 4. The summed E-state index contributed by atoms with van der Waals surface area (Å²) in [5.41, 5.74) is 0.434. The van der Waals surface area contributed by atoms with Crippen LogP contribution in [0.15, 0.2) is 42.5 Å². The van der Waals surface area contributed by atoms with E-state index in [1.807, 2.05) is 30.3 Å². The van der Waals surface area contributed by atoms with Gasteiger partial charge in [-0.25, -0.2) is 0 Å². The van der Waals surface area contributed by atoms with Gasteiger partial charge in [0.25, 0.3) is 11.8 Å². The number of fused-ring (bicyclic) bond motifs is 1. The predicted octanol–water partition coefficient (Wildman–Crippen LogP) is 0.570. The number of hydrogen-bond acceptors (Lipinski definition) is 6. The number of nitrogens with one attached hydrogen (secondary N) is 2. The van der Waals surface area contributed by atoms with Gasteiger partial charge in [0, 0.05) is 18.7 Å². The number of esters is 1. The van der Waals surface area contributed by atoms with E-state index in [1.54, 1.807) is 12.1 Å². The second-order valence-corrected chi connectivity index (χ2v) is 5.91. The van der Waals surface area contributed by atoms with Crippen LogP contribution < -0.4 is 10.6 Å². The van der Waals surface area contributed by atoms with Gasteiger partial charge in [-0.2, -0.15) is 0 Å². The molecule has 0 bridgehead atoms. The van der Waals surface area contributed by atoms with Crippen LogP contribution in [0, 0.1) is 0 Å². The van der Waals surface area contributed by atoms with Crippen LogP contribution in [0.25, 0.3) is 10.8 Å². The number of rotatable bonds is 8. The zero-order valence-corrected chi connectivity index (χ0v) is 14.8. The molecule has 2 amide bonds. The molecule has 0 aliphatic heterocycles. The van der Waals surface area contributed by atoms with Crippen molar-refractivity contribution in [2.45, 2.75) is 25.0 Å². The number of carbonyl (C=O) groups is 3. The molecule has 2 aromatic carbocycles. The summed E-state index contributed by atoms with van der Waals surface area (Å²) in [5.74, 6) is -2.22. The molecule has 0 heterocycles. The monoisotopic (exact) mass is 374 g/mol. The van der Waals surface area contributed by atoms with E-state index in [-0.39, 0.29) is 13.0 Å². The van der Waals surface area contributed by atoms with Crippen LogP contribution >= 0.6 is 0 Å². The zero-order valence-electron chi connectivity index (χ0n) is 14.8. The van der Waals surface area contributed by atoms with Crippen molar-refractivity contribution in [2.75, 3.05) is 19.0 Å². The molecule has 0 aliphatic rings. The Morgan fingerprint density at radius 1 is 1.00 bits per heavy atom. The summed E-state index contributed by atoms with van der Waals surface area (Å²) < 4.78 is 4.46. The third-order valence-electron chi connectivity index (χ3n) is 3.94. The summed E-state index contributed by atoms with van der Waals surface area (Å²) >= 11 is 0. The molecule has 0 saturated heterocycles. The van der Waals surface area contributed by atoms with Crippen LogP contribution in [0.3, 0.4) is 0 Å². The van der Waals surface area contributed by atoms with E-state index in [4.69, 9.17) is 0 Å². The molecule has 8 nitrogen and oxygen atoms in total. The first kappa shape index (κ1) is 20.3. The highest BCUT2D eigenvalue weighted by Gasteiger charge is 2.30. The standard InChI is InChI=1S/C19H22N2O6/c1-27-15(22)7-4-10-20-18(25)16(23)17(24)19(26)21-14-9-8-12-5-2-3-6-13(12)11-14/h2-3,5-6,8-9,11,16-17,23-24H,4,7,10H2,1H3,(H,20,25)(H,21,26)/t16-,17-/m1/s1. The highest BCUT2D eigenvalue weighted by molar-refractivity contribution is 5.99. The van der Waals surface area contributed by atoms with Gasteiger partial charge in [0.05, 0.1) is 7.11 Å². The number of amides is 2. The highest BCUT2D eigenvalue weighted by atomic mass is 16.5. The first-order valence-corrected chi connectivity index (χ1v) is 8.42. The lowest BCUT2D eigenvalue weighted by molar-refractivity contribution is -0.143. The molecular formula is C19H22N2O6. The van der Waals surface area contributed by atoms with Gasteiger partial charge in [0.1, 0.15) is 0 Å². The maximum Gasteiger partial charge on any atom is 0.305 e. The Balaban J connectivity index is 1.86. The Kier molecular flexibility index (Phi) is 7.27. The van der Waals surface area contributed by atoms with Gasteiger partial charge in [0.15, 0.2) is 12.2 Å². The normalized spacial score (nSPS) is 12.9. The van der Waals surface area contributed by atoms with E-state index < -0.39 is 30.0 Å². The minimum atomic E-state index is -1.93. The number of methoxy groups -OCH3 is 1. The summed E-state index contributed by atoms with van der Waals surface area (Å²) in [6.07, 6.45) is -3.44. The van der Waals surface area contributed by atoms with E-state index in [0.717, 1.165) is 10.8 Å². The molecular weight excluding hydrogens is 352 g/mol. The summed E-state index contributed by atoms with van der Waals surface area (Å²) in [7, 11) is 1.26.